The molecule has 10 heteroatoms. The number of nitriles is 1. The van der Waals surface area contributed by atoms with Gasteiger partial charge in [0.1, 0.15) is 16.7 Å². The van der Waals surface area contributed by atoms with Crippen LogP contribution in [-0.4, -0.2) is 21.1 Å². The molecule has 0 saturated carbocycles. The Bertz CT molecular complexity index is 1010. The van der Waals surface area contributed by atoms with Gasteiger partial charge in [0.15, 0.2) is 11.5 Å². The lowest BCUT2D eigenvalue weighted by atomic mass is 10.0. The second-order valence-corrected chi connectivity index (χ2v) is 8.42. The predicted octanol–water partition coefficient (Wildman–Crippen LogP) is 3.63. The van der Waals surface area contributed by atoms with Gasteiger partial charge in [-0.25, -0.2) is 4.98 Å². The van der Waals surface area contributed by atoms with Crippen LogP contribution in [0.15, 0.2) is 41.3 Å². The highest BCUT2D eigenvalue weighted by Gasteiger charge is 2.21. The Morgan fingerprint density at radius 3 is 2.72 bits per heavy atom. The molecule has 128 valence electrons. The molecule has 0 amide bonds. The quantitative estimate of drug-likeness (QED) is 0.340. The molecular formula is C15H12N3O4PS2. The van der Waals surface area contributed by atoms with Gasteiger partial charge in [0.25, 0.3) is 0 Å². The van der Waals surface area contributed by atoms with Crippen molar-refractivity contribution in [3.8, 4) is 22.3 Å². The fourth-order valence-electron chi connectivity index (χ4n) is 2.32. The molecule has 0 spiro atoms. The molecule has 0 atom stereocenters. The molecule has 3 aromatic rings. The van der Waals surface area contributed by atoms with E-state index in [1.165, 1.54) is 11.3 Å². The van der Waals surface area contributed by atoms with Gasteiger partial charge in [-0.15, -0.1) is 0 Å². The summed E-state index contributed by atoms with van der Waals surface area (Å²) in [6, 6.07) is 11.0. The highest BCUT2D eigenvalue weighted by molar-refractivity contribution is 8.03. The van der Waals surface area contributed by atoms with Crippen molar-refractivity contribution in [3.05, 3.63) is 36.4 Å². The Morgan fingerprint density at radius 2 is 2.08 bits per heavy atom. The van der Waals surface area contributed by atoms with Gasteiger partial charge in [0, 0.05) is 10.5 Å². The molecule has 0 aliphatic rings. The molecule has 4 N–H and O–H groups in total. The molecule has 0 unspecified atom stereocenters. The minimum absolute atomic E-state index is 0.184. The summed E-state index contributed by atoms with van der Waals surface area (Å²) in [6.45, 7) is 0. The number of ether oxygens (including phenoxy) is 1. The summed E-state index contributed by atoms with van der Waals surface area (Å²) in [4.78, 5) is 22.9. The van der Waals surface area contributed by atoms with Gasteiger partial charge in [-0.05, 0) is 23.4 Å². The standard InChI is InChI=1S/C15H12N3O4PS2/c16-7-24-11-6-10(22-8-23(19,20)21)13-14(25-15(17)18-13)12(11)9-4-2-1-3-5-9/h1-6H,8H2,(H2,17,18)(H2,19,20,21). The molecule has 0 aliphatic carbocycles. The summed E-state index contributed by atoms with van der Waals surface area (Å²) in [7, 11) is -4.35. The largest absolute Gasteiger partial charge is 0.479 e. The number of hydrogen-bond donors (Lipinski definition) is 3. The number of thiocyanates is 1. The van der Waals surface area contributed by atoms with Gasteiger partial charge in [-0.1, -0.05) is 41.7 Å². The third kappa shape index (κ3) is 3.95. The van der Waals surface area contributed by atoms with E-state index in [0.717, 1.165) is 22.9 Å². The van der Waals surface area contributed by atoms with Gasteiger partial charge in [0.05, 0.1) is 4.70 Å². The second kappa shape index (κ2) is 7.04. The Balaban J connectivity index is 2.24. The number of benzene rings is 2. The monoisotopic (exact) mass is 393 g/mol. The van der Waals surface area contributed by atoms with Crippen LogP contribution in [0.25, 0.3) is 21.3 Å². The number of hydrogen-bond acceptors (Lipinski definition) is 7. The molecule has 1 aromatic heterocycles. The van der Waals surface area contributed by atoms with Crippen LogP contribution in [-0.2, 0) is 4.57 Å². The maximum absolute atomic E-state index is 11.1. The number of thioether (sulfide) groups is 1. The topological polar surface area (TPSA) is 129 Å². The number of nitrogens with zero attached hydrogens (tertiary/aromatic N) is 2. The van der Waals surface area contributed by atoms with E-state index in [1.807, 2.05) is 35.7 Å². The van der Waals surface area contributed by atoms with E-state index >= 15 is 0 Å². The van der Waals surface area contributed by atoms with Crippen LogP contribution in [0.2, 0.25) is 0 Å². The van der Waals surface area contributed by atoms with Crippen molar-refractivity contribution in [3.63, 3.8) is 0 Å². The van der Waals surface area contributed by atoms with Crippen molar-refractivity contribution in [2.45, 2.75) is 4.90 Å². The van der Waals surface area contributed by atoms with Gasteiger partial charge in [-0.3, -0.25) is 4.57 Å². The van der Waals surface area contributed by atoms with Crippen LogP contribution in [0.4, 0.5) is 5.13 Å². The average Bonchev–Trinajstić information content (AvgIpc) is 2.94. The zero-order valence-corrected chi connectivity index (χ0v) is 15.1. The summed E-state index contributed by atoms with van der Waals surface area (Å²) in [5.41, 5.74) is 7.93. The van der Waals surface area contributed by atoms with Crippen molar-refractivity contribution in [1.29, 1.82) is 5.26 Å². The maximum Gasteiger partial charge on any atom is 0.362 e. The maximum atomic E-state index is 11.1. The number of nitrogens with two attached hydrogens (primary N) is 1. The van der Waals surface area contributed by atoms with Crippen LogP contribution in [0, 0.1) is 10.7 Å². The first-order chi connectivity index (χ1) is 11.9. The van der Waals surface area contributed by atoms with Crippen molar-refractivity contribution in [1.82, 2.24) is 4.98 Å². The lowest BCUT2D eigenvalue weighted by Gasteiger charge is -2.13. The molecule has 2 aromatic carbocycles. The number of anilines is 1. The van der Waals surface area contributed by atoms with Gasteiger partial charge < -0.3 is 20.3 Å². The first kappa shape index (κ1) is 17.7. The fraction of sp³-hybridized carbons (Fsp3) is 0.0667. The van der Waals surface area contributed by atoms with Gasteiger partial charge >= 0.3 is 7.60 Å². The smallest absolute Gasteiger partial charge is 0.362 e. The molecule has 0 radical (unpaired) electrons. The van der Waals surface area contributed by atoms with Crippen molar-refractivity contribution in [2.75, 3.05) is 12.1 Å². The highest BCUT2D eigenvalue weighted by atomic mass is 32.2. The SMILES string of the molecule is N#CSc1cc(OCP(=O)(O)O)c2nc(N)sc2c1-c1ccccc1. The number of rotatable bonds is 5. The second-order valence-electron chi connectivity index (χ2n) is 4.98. The summed E-state index contributed by atoms with van der Waals surface area (Å²) in [6.07, 6.45) is -0.777. The summed E-state index contributed by atoms with van der Waals surface area (Å²) < 4.78 is 17.1. The van der Waals surface area contributed by atoms with E-state index < -0.39 is 13.9 Å². The zero-order valence-electron chi connectivity index (χ0n) is 12.6. The number of fused-ring (bicyclic) bond motifs is 1. The molecular weight excluding hydrogens is 381 g/mol. The molecule has 7 nitrogen and oxygen atoms in total. The van der Waals surface area contributed by atoms with E-state index in [0.29, 0.717) is 20.2 Å². The summed E-state index contributed by atoms with van der Waals surface area (Å²) in [5, 5.41) is 11.5. The van der Waals surface area contributed by atoms with Crippen LogP contribution in [0.5, 0.6) is 5.75 Å². The number of thiazole rings is 1. The Kier molecular flexibility index (Phi) is 4.99. The van der Waals surface area contributed by atoms with Crippen molar-refractivity contribution < 1.29 is 19.1 Å². The number of aromatic nitrogens is 1. The van der Waals surface area contributed by atoms with Crippen molar-refractivity contribution >= 4 is 46.0 Å². The predicted molar refractivity (Wildman–Crippen MR) is 98.5 cm³/mol. The number of nitrogen functional groups attached to an aromatic ring is 1. The summed E-state index contributed by atoms with van der Waals surface area (Å²) >= 11 is 2.17. The Morgan fingerprint density at radius 1 is 1.36 bits per heavy atom. The molecule has 0 saturated heterocycles. The average molecular weight is 393 g/mol. The van der Waals surface area contributed by atoms with E-state index in [9.17, 15) is 4.57 Å². The Hall–Kier alpha value is -2.08. The lowest BCUT2D eigenvalue weighted by molar-refractivity contribution is 0.302. The Labute approximate surface area is 151 Å². The molecule has 25 heavy (non-hydrogen) atoms. The molecule has 0 fully saturated rings. The first-order valence-corrected chi connectivity index (χ1v) is 10.3. The lowest BCUT2D eigenvalue weighted by Crippen LogP contribution is -1.99. The van der Waals surface area contributed by atoms with E-state index in [2.05, 4.69) is 4.98 Å². The summed E-state index contributed by atoms with van der Waals surface area (Å²) in [5.74, 6) is 0.184. The molecule has 0 bridgehead atoms. The van der Waals surface area contributed by atoms with Crippen LogP contribution in [0.3, 0.4) is 0 Å². The zero-order chi connectivity index (χ0) is 18.0. The van der Waals surface area contributed by atoms with E-state index in [4.69, 9.17) is 25.5 Å². The fourth-order valence-corrected chi connectivity index (χ4v) is 4.19. The van der Waals surface area contributed by atoms with Crippen molar-refractivity contribution in [2.24, 2.45) is 0 Å². The van der Waals surface area contributed by atoms with Gasteiger partial charge in [-0.2, -0.15) is 5.26 Å². The molecule has 0 aliphatic heterocycles. The molecule has 1 heterocycles. The third-order valence-corrected chi connectivity index (χ3v) is 5.22. The minimum Gasteiger partial charge on any atom is -0.479 e. The van der Waals surface area contributed by atoms with E-state index in [1.54, 1.807) is 6.07 Å². The minimum atomic E-state index is -4.35. The highest BCUT2D eigenvalue weighted by Crippen LogP contribution is 2.46. The normalized spacial score (nSPS) is 11.4. The van der Waals surface area contributed by atoms with Crippen LogP contribution in [0.1, 0.15) is 0 Å². The third-order valence-electron chi connectivity index (χ3n) is 3.22. The van der Waals surface area contributed by atoms with E-state index in [-0.39, 0.29) is 5.75 Å². The van der Waals surface area contributed by atoms with Crippen LogP contribution < -0.4 is 10.5 Å². The first-order valence-electron chi connectivity index (χ1n) is 6.91. The van der Waals surface area contributed by atoms with Gasteiger partial charge in [0.2, 0.25) is 0 Å². The van der Waals surface area contributed by atoms with Crippen LogP contribution >= 0.6 is 30.7 Å². The molecule has 3 rings (SSSR count).